The number of rotatable bonds is 9. The molecule has 216 valence electrons. The number of fused-ring (bicyclic) bond motifs is 1. The number of ether oxygens (including phenoxy) is 2. The molecule has 0 bridgehead atoms. The fourth-order valence-corrected chi connectivity index (χ4v) is 5.43. The number of pyridine rings is 1. The number of aliphatic hydroxyl groups excluding tert-OH is 1. The van der Waals surface area contributed by atoms with Gasteiger partial charge in [-0.05, 0) is 67.1 Å². The number of benzene rings is 2. The van der Waals surface area contributed by atoms with Crippen LogP contribution in [-0.2, 0) is 14.6 Å². The zero-order valence-electron chi connectivity index (χ0n) is 22.1. The van der Waals surface area contributed by atoms with Gasteiger partial charge in [-0.25, -0.2) is 13.4 Å². The third-order valence-electron chi connectivity index (χ3n) is 6.89. The van der Waals surface area contributed by atoms with Gasteiger partial charge >= 0.3 is 6.18 Å². The van der Waals surface area contributed by atoms with E-state index < -0.39 is 40.7 Å². The number of aromatic nitrogens is 1. The maximum Gasteiger partial charge on any atom is 0.414 e. The number of sulfone groups is 1. The Morgan fingerprint density at radius 3 is 2.50 bits per heavy atom. The van der Waals surface area contributed by atoms with E-state index in [1.54, 1.807) is 50.2 Å². The van der Waals surface area contributed by atoms with Crippen LogP contribution < -0.4 is 10.1 Å². The molecule has 0 spiro atoms. The number of hydrogen-bond acceptors (Lipinski definition) is 7. The fraction of sp³-hybridized carbons (Fsp3) is 0.429. The van der Waals surface area contributed by atoms with Crippen molar-refractivity contribution in [3.05, 3.63) is 65.4 Å². The van der Waals surface area contributed by atoms with E-state index in [1.165, 1.54) is 12.1 Å². The molecule has 0 unspecified atom stereocenters. The van der Waals surface area contributed by atoms with Crippen molar-refractivity contribution in [2.75, 3.05) is 25.6 Å². The standard InChI is InChI=1S/C28H31F3N2O6S/c1-3-40(36,37)22-8-5-19(6-9-22)24(14-34)33-26(35)20-7-10-23-21(13-20)12-17(2)32-27(23)39-16-18-4-11-25(38-15-18)28(29,30)31/h5-10,12-13,18,24-25,34H,3-4,11,14-16H2,1-2H3,(H,33,35)/t18-,24-,25+/m1/s1. The highest BCUT2D eigenvalue weighted by Crippen LogP contribution is 2.32. The predicted molar refractivity (Wildman–Crippen MR) is 142 cm³/mol. The average molecular weight is 581 g/mol. The molecule has 1 fully saturated rings. The molecule has 1 aliphatic heterocycles. The van der Waals surface area contributed by atoms with Gasteiger partial charge in [0.2, 0.25) is 5.88 Å². The first-order valence-corrected chi connectivity index (χ1v) is 14.5. The van der Waals surface area contributed by atoms with Crippen LogP contribution in [0.5, 0.6) is 5.88 Å². The molecule has 0 saturated carbocycles. The highest BCUT2D eigenvalue weighted by molar-refractivity contribution is 7.91. The summed E-state index contributed by atoms with van der Waals surface area (Å²) in [6.07, 6.45) is -5.91. The molecule has 1 amide bonds. The van der Waals surface area contributed by atoms with Crippen molar-refractivity contribution < 1.29 is 41.0 Å². The van der Waals surface area contributed by atoms with Crippen molar-refractivity contribution in [2.24, 2.45) is 5.92 Å². The summed E-state index contributed by atoms with van der Waals surface area (Å²) in [6.45, 7) is 3.02. The summed E-state index contributed by atoms with van der Waals surface area (Å²) in [6, 6.07) is 12.0. The maximum atomic E-state index is 13.0. The Labute approximate surface area is 230 Å². The van der Waals surface area contributed by atoms with Gasteiger partial charge < -0.3 is 19.9 Å². The summed E-state index contributed by atoms with van der Waals surface area (Å²) in [5, 5.41) is 14.0. The average Bonchev–Trinajstić information content (AvgIpc) is 2.93. The second-order valence-corrected chi connectivity index (χ2v) is 12.1. The minimum atomic E-state index is -4.37. The summed E-state index contributed by atoms with van der Waals surface area (Å²) >= 11 is 0. The summed E-state index contributed by atoms with van der Waals surface area (Å²) in [4.78, 5) is 17.6. The maximum absolute atomic E-state index is 13.0. The van der Waals surface area contributed by atoms with Crippen LogP contribution in [0, 0.1) is 12.8 Å². The van der Waals surface area contributed by atoms with Gasteiger partial charge in [0.15, 0.2) is 15.9 Å². The summed E-state index contributed by atoms with van der Waals surface area (Å²) in [5.74, 6) is -0.363. The molecule has 0 radical (unpaired) electrons. The van der Waals surface area contributed by atoms with Crippen LogP contribution in [0.15, 0.2) is 53.4 Å². The van der Waals surface area contributed by atoms with Gasteiger partial charge in [-0.1, -0.05) is 19.1 Å². The van der Waals surface area contributed by atoms with Crippen LogP contribution in [0.1, 0.15) is 47.4 Å². The summed E-state index contributed by atoms with van der Waals surface area (Å²) < 4.78 is 73.5. The van der Waals surface area contributed by atoms with Crippen molar-refractivity contribution >= 4 is 26.5 Å². The second-order valence-electron chi connectivity index (χ2n) is 9.80. The van der Waals surface area contributed by atoms with Gasteiger partial charge in [0.25, 0.3) is 5.91 Å². The predicted octanol–water partition coefficient (Wildman–Crippen LogP) is 4.54. The van der Waals surface area contributed by atoms with Gasteiger partial charge in [0, 0.05) is 22.6 Å². The van der Waals surface area contributed by atoms with Crippen molar-refractivity contribution in [1.82, 2.24) is 10.3 Å². The molecule has 1 aromatic heterocycles. The Bertz CT molecular complexity index is 1450. The van der Waals surface area contributed by atoms with E-state index in [-0.39, 0.29) is 36.2 Å². The summed E-state index contributed by atoms with van der Waals surface area (Å²) in [5.41, 5.74) is 1.51. The lowest BCUT2D eigenvalue weighted by Crippen LogP contribution is -2.38. The Morgan fingerprint density at radius 2 is 1.90 bits per heavy atom. The largest absolute Gasteiger partial charge is 0.477 e. The normalized spacial score (nSPS) is 18.9. The van der Waals surface area contributed by atoms with Crippen molar-refractivity contribution in [3.8, 4) is 5.88 Å². The number of halogens is 3. The minimum absolute atomic E-state index is 0.0341. The van der Waals surface area contributed by atoms with Gasteiger partial charge in [-0.2, -0.15) is 13.2 Å². The highest BCUT2D eigenvalue weighted by atomic mass is 32.2. The highest BCUT2D eigenvalue weighted by Gasteiger charge is 2.43. The second kappa shape index (κ2) is 12.1. The molecule has 1 aliphatic rings. The molecule has 2 aromatic carbocycles. The molecule has 3 aromatic rings. The SMILES string of the molecule is CCS(=O)(=O)c1ccc([C@@H](CO)NC(=O)c2ccc3c(OC[C@@H]4CC[C@@H](C(F)(F)F)OC4)nc(C)cc3c2)cc1. The van der Waals surface area contributed by atoms with Crippen LogP contribution in [0.3, 0.4) is 0 Å². The first-order chi connectivity index (χ1) is 18.9. The van der Waals surface area contributed by atoms with E-state index in [0.29, 0.717) is 39.9 Å². The van der Waals surface area contributed by atoms with E-state index in [0.717, 1.165) is 0 Å². The topological polar surface area (TPSA) is 115 Å². The smallest absolute Gasteiger partial charge is 0.414 e. The van der Waals surface area contributed by atoms with Gasteiger partial charge in [-0.3, -0.25) is 4.79 Å². The molecule has 8 nitrogen and oxygen atoms in total. The Kier molecular flexibility index (Phi) is 9.01. The molecular formula is C28H31F3N2O6S. The van der Waals surface area contributed by atoms with Crippen LogP contribution in [0.2, 0.25) is 0 Å². The first-order valence-electron chi connectivity index (χ1n) is 12.9. The molecule has 4 rings (SSSR count). The molecule has 2 heterocycles. The number of alkyl halides is 3. The Morgan fingerprint density at radius 1 is 1.18 bits per heavy atom. The molecule has 3 atom stereocenters. The molecule has 40 heavy (non-hydrogen) atoms. The first kappa shape index (κ1) is 29.8. The number of aliphatic hydroxyl groups is 1. The zero-order chi connectivity index (χ0) is 29.1. The molecular weight excluding hydrogens is 549 g/mol. The number of amides is 1. The molecule has 0 aliphatic carbocycles. The van der Waals surface area contributed by atoms with Crippen LogP contribution in [0.25, 0.3) is 10.8 Å². The van der Waals surface area contributed by atoms with Crippen molar-refractivity contribution in [1.29, 1.82) is 0 Å². The van der Waals surface area contributed by atoms with Gasteiger partial charge in [0.1, 0.15) is 0 Å². The van der Waals surface area contributed by atoms with Crippen LogP contribution >= 0.6 is 0 Å². The van der Waals surface area contributed by atoms with Gasteiger partial charge in [-0.15, -0.1) is 0 Å². The van der Waals surface area contributed by atoms with E-state index in [9.17, 15) is 31.5 Å². The summed E-state index contributed by atoms with van der Waals surface area (Å²) in [7, 11) is -3.37. The van der Waals surface area contributed by atoms with E-state index in [4.69, 9.17) is 9.47 Å². The number of nitrogens with zero attached hydrogens (tertiary/aromatic N) is 1. The Hall–Kier alpha value is -3.22. The lowest BCUT2D eigenvalue weighted by atomic mass is 9.99. The zero-order valence-corrected chi connectivity index (χ0v) is 22.9. The number of aryl methyl sites for hydroxylation is 1. The number of nitrogens with one attached hydrogen (secondary N) is 1. The number of carbonyl (C=O) groups is 1. The molecule has 2 N–H and O–H groups in total. The Balaban J connectivity index is 1.45. The number of carbonyl (C=O) groups excluding carboxylic acids is 1. The van der Waals surface area contributed by atoms with Gasteiger partial charge in [0.05, 0.1) is 36.5 Å². The lowest BCUT2D eigenvalue weighted by molar-refractivity contribution is -0.236. The fourth-order valence-electron chi connectivity index (χ4n) is 4.55. The molecule has 12 heteroatoms. The van der Waals surface area contributed by atoms with Crippen LogP contribution in [0.4, 0.5) is 13.2 Å². The third kappa shape index (κ3) is 6.91. The monoisotopic (exact) mass is 580 g/mol. The quantitative estimate of drug-likeness (QED) is 0.382. The van der Waals surface area contributed by atoms with Crippen molar-refractivity contribution in [3.63, 3.8) is 0 Å². The molecule has 1 saturated heterocycles. The van der Waals surface area contributed by atoms with Crippen LogP contribution in [-0.4, -0.2) is 62.3 Å². The minimum Gasteiger partial charge on any atom is -0.477 e. The number of hydrogen-bond donors (Lipinski definition) is 2. The third-order valence-corrected chi connectivity index (χ3v) is 8.64. The van der Waals surface area contributed by atoms with E-state index in [1.807, 2.05) is 0 Å². The van der Waals surface area contributed by atoms with E-state index in [2.05, 4.69) is 10.3 Å². The van der Waals surface area contributed by atoms with Crippen molar-refractivity contribution in [2.45, 2.75) is 49.9 Å². The van der Waals surface area contributed by atoms with E-state index >= 15 is 0 Å². The lowest BCUT2D eigenvalue weighted by Gasteiger charge is -2.30.